The molecular weight excluding hydrogens is 240 g/mol. The molecular formula is C10H12N4O2S. The number of aromatic nitrogens is 1. The number of rotatable bonds is 3. The van der Waals surface area contributed by atoms with E-state index in [2.05, 4.69) is 27.5 Å². The van der Waals surface area contributed by atoms with Crippen LogP contribution in [0, 0.1) is 11.8 Å². The summed E-state index contributed by atoms with van der Waals surface area (Å²) in [4.78, 5) is 26.6. The van der Waals surface area contributed by atoms with Gasteiger partial charge in [-0.2, -0.15) is 0 Å². The van der Waals surface area contributed by atoms with E-state index in [1.54, 1.807) is 6.20 Å². The van der Waals surface area contributed by atoms with Crippen molar-refractivity contribution in [2.75, 3.05) is 18.4 Å². The Morgan fingerprint density at radius 1 is 1.59 bits per heavy atom. The van der Waals surface area contributed by atoms with Crippen molar-refractivity contribution in [2.24, 2.45) is 5.73 Å². The highest BCUT2D eigenvalue weighted by Crippen LogP contribution is 2.16. The monoisotopic (exact) mass is 252 g/mol. The number of hydrogen-bond donors (Lipinski definition) is 3. The van der Waals surface area contributed by atoms with E-state index in [9.17, 15) is 9.59 Å². The molecule has 0 aliphatic heterocycles. The molecule has 1 aromatic rings. The lowest BCUT2D eigenvalue weighted by atomic mass is 10.5. The molecule has 2 amide bonds. The van der Waals surface area contributed by atoms with Gasteiger partial charge in [0.15, 0.2) is 5.13 Å². The standard InChI is InChI=1S/C10H12N4O2S/c1-7(15)12-6-9(16)14-10-13-5-8(17-10)3-2-4-11/h5H,4,6,11H2,1H3,(H,12,15)(H,13,14,16). The fourth-order valence-corrected chi connectivity index (χ4v) is 1.60. The van der Waals surface area contributed by atoms with Gasteiger partial charge in [-0.15, -0.1) is 0 Å². The highest BCUT2D eigenvalue weighted by atomic mass is 32.1. The number of nitrogens with one attached hydrogen (secondary N) is 2. The van der Waals surface area contributed by atoms with E-state index in [0.717, 1.165) is 4.88 Å². The number of amides is 2. The summed E-state index contributed by atoms with van der Waals surface area (Å²) >= 11 is 1.25. The Bertz CT molecular complexity index is 472. The van der Waals surface area contributed by atoms with Gasteiger partial charge in [-0.05, 0) is 0 Å². The molecule has 0 fully saturated rings. The van der Waals surface area contributed by atoms with E-state index >= 15 is 0 Å². The van der Waals surface area contributed by atoms with Crippen LogP contribution in [0.5, 0.6) is 0 Å². The number of thiazole rings is 1. The summed E-state index contributed by atoms with van der Waals surface area (Å²) in [5.41, 5.74) is 5.23. The third kappa shape index (κ3) is 5.10. The van der Waals surface area contributed by atoms with Crippen LogP contribution in [-0.4, -0.2) is 29.9 Å². The first-order valence-electron chi connectivity index (χ1n) is 4.81. The van der Waals surface area contributed by atoms with Crippen molar-refractivity contribution in [3.63, 3.8) is 0 Å². The highest BCUT2D eigenvalue weighted by Gasteiger charge is 2.05. The molecule has 0 atom stereocenters. The maximum Gasteiger partial charge on any atom is 0.245 e. The van der Waals surface area contributed by atoms with Gasteiger partial charge in [0, 0.05) is 6.92 Å². The second-order valence-electron chi connectivity index (χ2n) is 2.99. The van der Waals surface area contributed by atoms with Crippen LogP contribution in [0.3, 0.4) is 0 Å². The van der Waals surface area contributed by atoms with Crippen molar-refractivity contribution >= 4 is 28.3 Å². The first kappa shape index (κ1) is 13.2. The highest BCUT2D eigenvalue weighted by molar-refractivity contribution is 7.16. The van der Waals surface area contributed by atoms with Crippen molar-refractivity contribution in [3.05, 3.63) is 11.1 Å². The Balaban J connectivity index is 2.48. The molecule has 0 bridgehead atoms. The Kier molecular flexibility index (Phi) is 5.13. The van der Waals surface area contributed by atoms with E-state index in [-0.39, 0.29) is 24.9 Å². The zero-order valence-electron chi connectivity index (χ0n) is 9.24. The van der Waals surface area contributed by atoms with Crippen LogP contribution in [0.2, 0.25) is 0 Å². The molecule has 4 N–H and O–H groups in total. The van der Waals surface area contributed by atoms with Crippen molar-refractivity contribution < 1.29 is 9.59 Å². The second-order valence-corrected chi connectivity index (χ2v) is 4.02. The minimum Gasteiger partial charge on any atom is -0.347 e. The topological polar surface area (TPSA) is 97.1 Å². The first-order valence-corrected chi connectivity index (χ1v) is 5.62. The van der Waals surface area contributed by atoms with E-state index in [1.165, 1.54) is 18.3 Å². The summed E-state index contributed by atoms with van der Waals surface area (Å²) < 4.78 is 0. The first-order chi connectivity index (χ1) is 8.11. The smallest absolute Gasteiger partial charge is 0.245 e. The molecule has 0 saturated heterocycles. The summed E-state index contributed by atoms with van der Waals surface area (Å²) in [5.74, 6) is 4.92. The molecule has 0 saturated carbocycles. The summed E-state index contributed by atoms with van der Waals surface area (Å²) in [6.07, 6.45) is 1.56. The lowest BCUT2D eigenvalue weighted by Gasteiger charge is -2.01. The Morgan fingerprint density at radius 3 is 3.00 bits per heavy atom. The van der Waals surface area contributed by atoms with Crippen molar-refractivity contribution in [1.29, 1.82) is 0 Å². The Hall–Kier alpha value is -1.91. The largest absolute Gasteiger partial charge is 0.347 e. The van der Waals surface area contributed by atoms with Gasteiger partial charge in [0.05, 0.1) is 24.2 Å². The van der Waals surface area contributed by atoms with E-state index < -0.39 is 0 Å². The van der Waals surface area contributed by atoms with Crippen molar-refractivity contribution in [1.82, 2.24) is 10.3 Å². The normalized spacial score (nSPS) is 9.06. The summed E-state index contributed by atoms with van der Waals surface area (Å²) in [6.45, 7) is 1.55. The van der Waals surface area contributed by atoms with E-state index in [4.69, 9.17) is 5.73 Å². The van der Waals surface area contributed by atoms with Crippen LogP contribution in [-0.2, 0) is 9.59 Å². The number of nitrogens with two attached hydrogens (primary N) is 1. The quantitative estimate of drug-likeness (QED) is 0.633. The second kappa shape index (κ2) is 6.62. The van der Waals surface area contributed by atoms with Gasteiger partial charge >= 0.3 is 0 Å². The molecule has 0 radical (unpaired) electrons. The molecule has 0 unspecified atom stereocenters. The fourth-order valence-electron chi connectivity index (χ4n) is 0.896. The molecule has 1 heterocycles. The zero-order valence-corrected chi connectivity index (χ0v) is 10.1. The average molecular weight is 252 g/mol. The minimum absolute atomic E-state index is 0.0707. The van der Waals surface area contributed by atoms with Gasteiger partial charge < -0.3 is 16.4 Å². The Morgan fingerprint density at radius 2 is 2.35 bits per heavy atom. The molecule has 1 rings (SSSR count). The number of anilines is 1. The molecule has 0 spiro atoms. The van der Waals surface area contributed by atoms with Crippen molar-refractivity contribution in [3.8, 4) is 11.8 Å². The average Bonchev–Trinajstić information content (AvgIpc) is 2.71. The lowest BCUT2D eigenvalue weighted by molar-refractivity contribution is -0.122. The molecule has 7 heteroatoms. The summed E-state index contributed by atoms with van der Waals surface area (Å²) in [5, 5.41) is 5.38. The number of hydrogen-bond acceptors (Lipinski definition) is 5. The number of carbonyl (C=O) groups excluding carboxylic acids is 2. The molecule has 0 aliphatic carbocycles. The van der Waals surface area contributed by atoms with Gasteiger partial charge in [0.2, 0.25) is 11.8 Å². The van der Waals surface area contributed by atoms with Crippen LogP contribution in [0.15, 0.2) is 6.20 Å². The number of nitrogens with zero attached hydrogens (tertiary/aromatic N) is 1. The van der Waals surface area contributed by atoms with E-state index in [0.29, 0.717) is 5.13 Å². The van der Waals surface area contributed by atoms with Crippen LogP contribution in [0.1, 0.15) is 11.8 Å². The van der Waals surface area contributed by atoms with Crippen LogP contribution in [0.25, 0.3) is 0 Å². The van der Waals surface area contributed by atoms with Gasteiger partial charge in [0.25, 0.3) is 0 Å². The molecule has 6 nitrogen and oxygen atoms in total. The summed E-state index contributed by atoms with van der Waals surface area (Å²) in [6, 6.07) is 0. The summed E-state index contributed by atoms with van der Waals surface area (Å²) in [7, 11) is 0. The van der Waals surface area contributed by atoms with Crippen LogP contribution in [0.4, 0.5) is 5.13 Å². The minimum atomic E-state index is -0.326. The maximum atomic E-state index is 11.3. The molecule has 0 aliphatic rings. The predicted octanol–water partition coefficient (Wildman–Crippen LogP) is -0.472. The third-order valence-corrected chi connectivity index (χ3v) is 2.39. The molecule has 0 aromatic carbocycles. The zero-order chi connectivity index (χ0) is 12.7. The molecule has 1 aromatic heterocycles. The molecule has 17 heavy (non-hydrogen) atoms. The predicted molar refractivity (Wildman–Crippen MR) is 65.4 cm³/mol. The Labute approximate surface area is 103 Å². The van der Waals surface area contributed by atoms with Crippen molar-refractivity contribution in [2.45, 2.75) is 6.92 Å². The lowest BCUT2D eigenvalue weighted by Crippen LogP contribution is -2.31. The van der Waals surface area contributed by atoms with Crippen LogP contribution >= 0.6 is 11.3 Å². The number of carbonyl (C=O) groups is 2. The van der Waals surface area contributed by atoms with Gasteiger partial charge in [-0.1, -0.05) is 23.2 Å². The molecule has 90 valence electrons. The van der Waals surface area contributed by atoms with Gasteiger partial charge in [0.1, 0.15) is 0 Å². The fraction of sp³-hybridized carbons (Fsp3) is 0.300. The van der Waals surface area contributed by atoms with Crippen LogP contribution < -0.4 is 16.4 Å². The maximum absolute atomic E-state index is 11.3. The third-order valence-electron chi connectivity index (χ3n) is 1.56. The SMILES string of the molecule is CC(=O)NCC(=O)Nc1ncc(C#CCN)s1. The van der Waals surface area contributed by atoms with Gasteiger partial charge in [-0.3, -0.25) is 9.59 Å². The van der Waals surface area contributed by atoms with E-state index in [1.807, 2.05) is 0 Å². The van der Waals surface area contributed by atoms with Gasteiger partial charge in [-0.25, -0.2) is 4.98 Å².